The molecule has 0 unspecified atom stereocenters. The molecule has 88 valence electrons. The summed E-state index contributed by atoms with van der Waals surface area (Å²) in [5, 5.41) is 9.14. The largest absolute Gasteiger partial charge is 0.508 e. The summed E-state index contributed by atoms with van der Waals surface area (Å²) in [5.74, 6) is 2.09. The first kappa shape index (κ1) is 11.9. The molecule has 0 spiro atoms. The number of benzene rings is 2. The number of para-hydroxylation sites is 1. The van der Waals surface area contributed by atoms with Crippen LogP contribution in [0, 0.1) is 0 Å². The van der Waals surface area contributed by atoms with Gasteiger partial charge < -0.3 is 9.84 Å². The SMILES string of the molecule is Oc1ccc(SCCOc2ccccc2)cc1. The molecule has 2 rings (SSSR count). The molecule has 0 aliphatic rings. The van der Waals surface area contributed by atoms with Crippen LogP contribution in [-0.2, 0) is 0 Å². The van der Waals surface area contributed by atoms with Crippen LogP contribution in [0.25, 0.3) is 0 Å². The lowest BCUT2D eigenvalue weighted by Gasteiger charge is -2.05. The molecule has 0 bridgehead atoms. The molecule has 3 heteroatoms. The number of hydrogen-bond acceptors (Lipinski definition) is 3. The molecule has 2 aromatic carbocycles. The van der Waals surface area contributed by atoms with E-state index in [1.807, 2.05) is 42.5 Å². The van der Waals surface area contributed by atoms with Gasteiger partial charge in [0, 0.05) is 10.6 Å². The summed E-state index contributed by atoms with van der Waals surface area (Å²) in [4.78, 5) is 1.14. The van der Waals surface area contributed by atoms with Crippen LogP contribution in [-0.4, -0.2) is 17.5 Å². The Hall–Kier alpha value is -1.61. The Balaban J connectivity index is 1.71. The predicted octanol–water partition coefficient (Wildman–Crippen LogP) is 3.56. The molecule has 0 amide bonds. The van der Waals surface area contributed by atoms with Crippen molar-refractivity contribution >= 4 is 11.8 Å². The van der Waals surface area contributed by atoms with E-state index >= 15 is 0 Å². The zero-order valence-electron chi connectivity index (χ0n) is 9.37. The zero-order valence-corrected chi connectivity index (χ0v) is 10.2. The van der Waals surface area contributed by atoms with Crippen molar-refractivity contribution in [2.45, 2.75) is 4.90 Å². The fourth-order valence-electron chi connectivity index (χ4n) is 1.38. The second kappa shape index (κ2) is 6.21. The second-order valence-electron chi connectivity index (χ2n) is 3.50. The lowest BCUT2D eigenvalue weighted by atomic mass is 10.3. The number of thioether (sulfide) groups is 1. The Labute approximate surface area is 105 Å². The third-order valence-corrected chi connectivity index (χ3v) is 3.18. The van der Waals surface area contributed by atoms with Gasteiger partial charge in [-0.25, -0.2) is 0 Å². The van der Waals surface area contributed by atoms with E-state index in [0.29, 0.717) is 12.4 Å². The third kappa shape index (κ3) is 4.04. The number of phenols is 1. The maximum Gasteiger partial charge on any atom is 0.119 e. The zero-order chi connectivity index (χ0) is 11.9. The van der Waals surface area contributed by atoms with Gasteiger partial charge in [0.15, 0.2) is 0 Å². The quantitative estimate of drug-likeness (QED) is 0.646. The van der Waals surface area contributed by atoms with E-state index < -0.39 is 0 Å². The van der Waals surface area contributed by atoms with Crippen molar-refractivity contribution in [3.05, 3.63) is 54.6 Å². The van der Waals surface area contributed by atoms with Crippen molar-refractivity contribution in [2.75, 3.05) is 12.4 Å². The van der Waals surface area contributed by atoms with Crippen LogP contribution in [0.3, 0.4) is 0 Å². The van der Waals surface area contributed by atoms with Gasteiger partial charge in [0.2, 0.25) is 0 Å². The van der Waals surface area contributed by atoms with Gasteiger partial charge in [0.25, 0.3) is 0 Å². The smallest absolute Gasteiger partial charge is 0.119 e. The fourth-order valence-corrected chi connectivity index (χ4v) is 2.11. The van der Waals surface area contributed by atoms with Crippen LogP contribution < -0.4 is 4.74 Å². The van der Waals surface area contributed by atoms with E-state index in [-0.39, 0.29) is 0 Å². The molecule has 0 heterocycles. The lowest BCUT2D eigenvalue weighted by molar-refractivity contribution is 0.344. The van der Waals surface area contributed by atoms with E-state index in [2.05, 4.69) is 0 Å². The van der Waals surface area contributed by atoms with E-state index in [1.165, 1.54) is 0 Å². The molecule has 2 nitrogen and oxygen atoms in total. The van der Waals surface area contributed by atoms with Crippen LogP contribution in [0.2, 0.25) is 0 Å². The molecule has 0 fully saturated rings. The van der Waals surface area contributed by atoms with Gasteiger partial charge in [0.05, 0.1) is 6.61 Å². The van der Waals surface area contributed by atoms with Gasteiger partial charge in [-0.15, -0.1) is 11.8 Å². The summed E-state index contributed by atoms with van der Waals surface area (Å²) in [6.07, 6.45) is 0. The summed E-state index contributed by atoms with van der Waals surface area (Å²) in [5.41, 5.74) is 0. The van der Waals surface area contributed by atoms with Crippen LogP contribution in [0.15, 0.2) is 59.5 Å². The van der Waals surface area contributed by atoms with Gasteiger partial charge in [-0.3, -0.25) is 0 Å². The maximum atomic E-state index is 9.14. The summed E-state index contributed by atoms with van der Waals surface area (Å²) in [7, 11) is 0. The van der Waals surface area contributed by atoms with Crippen LogP contribution >= 0.6 is 11.8 Å². The van der Waals surface area contributed by atoms with Crippen molar-refractivity contribution in [1.82, 2.24) is 0 Å². The standard InChI is InChI=1S/C14H14O2S/c15-12-6-8-14(9-7-12)17-11-10-16-13-4-2-1-3-5-13/h1-9,15H,10-11H2. The monoisotopic (exact) mass is 246 g/mol. The van der Waals surface area contributed by atoms with E-state index in [9.17, 15) is 0 Å². The topological polar surface area (TPSA) is 29.5 Å². The van der Waals surface area contributed by atoms with Gasteiger partial charge in [-0.05, 0) is 36.4 Å². The molecule has 2 aromatic rings. The highest BCUT2D eigenvalue weighted by molar-refractivity contribution is 7.99. The molecule has 0 saturated heterocycles. The Bertz CT molecular complexity index is 440. The minimum Gasteiger partial charge on any atom is -0.508 e. The minimum atomic E-state index is 0.301. The first-order chi connectivity index (χ1) is 8.34. The number of ether oxygens (including phenoxy) is 1. The van der Waals surface area contributed by atoms with Crippen molar-refractivity contribution in [3.63, 3.8) is 0 Å². The van der Waals surface area contributed by atoms with Crippen molar-refractivity contribution in [3.8, 4) is 11.5 Å². The normalized spacial score (nSPS) is 10.1. The van der Waals surface area contributed by atoms with E-state index in [0.717, 1.165) is 16.4 Å². The number of hydrogen-bond donors (Lipinski definition) is 1. The number of phenolic OH excluding ortho intramolecular Hbond substituents is 1. The Morgan fingerprint density at radius 1 is 0.941 bits per heavy atom. The first-order valence-electron chi connectivity index (χ1n) is 5.44. The molecule has 0 aliphatic heterocycles. The Kier molecular flexibility index (Phi) is 4.33. The summed E-state index contributed by atoms with van der Waals surface area (Å²) >= 11 is 1.71. The highest BCUT2D eigenvalue weighted by atomic mass is 32.2. The van der Waals surface area contributed by atoms with E-state index in [4.69, 9.17) is 9.84 Å². The average Bonchev–Trinajstić information content (AvgIpc) is 2.38. The molecular formula is C14H14O2S. The summed E-state index contributed by atoms with van der Waals surface area (Å²) in [6, 6.07) is 17.0. The van der Waals surface area contributed by atoms with Gasteiger partial charge in [-0.2, -0.15) is 0 Å². The Morgan fingerprint density at radius 2 is 1.65 bits per heavy atom. The molecule has 0 aromatic heterocycles. The highest BCUT2D eigenvalue weighted by Gasteiger charge is 1.95. The van der Waals surface area contributed by atoms with Gasteiger partial charge >= 0.3 is 0 Å². The lowest BCUT2D eigenvalue weighted by Crippen LogP contribution is -1.99. The average molecular weight is 246 g/mol. The molecule has 17 heavy (non-hydrogen) atoms. The highest BCUT2D eigenvalue weighted by Crippen LogP contribution is 2.20. The number of aromatic hydroxyl groups is 1. The fraction of sp³-hybridized carbons (Fsp3) is 0.143. The summed E-state index contributed by atoms with van der Waals surface area (Å²) in [6.45, 7) is 0.676. The molecule has 0 atom stereocenters. The van der Waals surface area contributed by atoms with Gasteiger partial charge in [-0.1, -0.05) is 18.2 Å². The van der Waals surface area contributed by atoms with Crippen molar-refractivity contribution in [1.29, 1.82) is 0 Å². The predicted molar refractivity (Wildman–Crippen MR) is 70.8 cm³/mol. The summed E-state index contributed by atoms with van der Waals surface area (Å²) < 4.78 is 5.58. The first-order valence-corrected chi connectivity index (χ1v) is 6.43. The molecule has 0 radical (unpaired) electrons. The Morgan fingerprint density at radius 3 is 2.35 bits per heavy atom. The van der Waals surface area contributed by atoms with E-state index in [1.54, 1.807) is 23.9 Å². The number of rotatable bonds is 5. The van der Waals surface area contributed by atoms with Crippen LogP contribution in [0.1, 0.15) is 0 Å². The molecule has 0 saturated carbocycles. The third-order valence-electron chi connectivity index (χ3n) is 2.20. The maximum absolute atomic E-state index is 9.14. The molecule has 0 aliphatic carbocycles. The van der Waals surface area contributed by atoms with Crippen molar-refractivity contribution < 1.29 is 9.84 Å². The molecular weight excluding hydrogens is 232 g/mol. The van der Waals surface area contributed by atoms with Gasteiger partial charge in [0.1, 0.15) is 11.5 Å². The van der Waals surface area contributed by atoms with Crippen LogP contribution in [0.5, 0.6) is 11.5 Å². The molecule has 1 N–H and O–H groups in total. The second-order valence-corrected chi connectivity index (χ2v) is 4.67. The minimum absolute atomic E-state index is 0.301. The van der Waals surface area contributed by atoms with Crippen molar-refractivity contribution in [2.24, 2.45) is 0 Å². The van der Waals surface area contributed by atoms with Crippen LogP contribution in [0.4, 0.5) is 0 Å².